The number of rotatable bonds is 2. The molecule has 0 unspecified atom stereocenters. The maximum atomic E-state index is 4.66. The van der Waals surface area contributed by atoms with Crippen LogP contribution >= 0.6 is 0 Å². The Morgan fingerprint density at radius 2 is 1.74 bits per heavy atom. The Morgan fingerprint density at radius 1 is 1.00 bits per heavy atom. The van der Waals surface area contributed by atoms with Crippen molar-refractivity contribution in [3.63, 3.8) is 0 Å². The normalized spacial score (nSPS) is 11.4. The third kappa shape index (κ3) is 1.93. The number of benzene rings is 1. The molecule has 0 aliphatic heterocycles. The summed E-state index contributed by atoms with van der Waals surface area (Å²) in [6.45, 7) is 8.35. The fraction of sp³-hybridized carbons (Fsp3) is 0.333. The number of nitrogens with zero attached hydrogens (tertiary/aromatic N) is 2. The first-order chi connectivity index (χ1) is 9.08. The minimum absolute atomic E-state index is 0.841. The number of aromatic nitrogens is 4. The monoisotopic (exact) mass is 254 g/mol. The molecule has 0 bridgehead atoms. The van der Waals surface area contributed by atoms with E-state index in [-0.39, 0.29) is 0 Å². The Hall–Kier alpha value is -2.10. The lowest BCUT2D eigenvalue weighted by Gasteiger charge is -1.97. The van der Waals surface area contributed by atoms with Gasteiger partial charge in [0, 0.05) is 12.1 Å². The molecule has 0 radical (unpaired) electrons. The molecular formula is C15H18N4. The molecule has 1 aromatic carbocycles. The van der Waals surface area contributed by atoms with E-state index in [0.29, 0.717) is 0 Å². The molecular weight excluding hydrogens is 236 g/mol. The molecule has 0 amide bonds. The van der Waals surface area contributed by atoms with Crippen molar-refractivity contribution in [2.75, 3.05) is 0 Å². The van der Waals surface area contributed by atoms with Crippen LogP contribution in [0, 0.1) is 20.8 Å². The third-order valence-corrected chi connectivity index (χ3v) is 3.59. The highest BCUT2D eigenvalue weighted by Crippen LogP contribution is 2.24. The summed E-state index contributed by atoms with van der Waals surface area (Å²) < 4.78 is 0. The lowest BCUT2D eigenvalue weighted by Crippen LogP contribution is -1.84. The quantitative estimate of drug-likeness (QED) is 0.736. The smallest absolute Gasteiger partial charge is 0.159 e. The molecule has 19 heavy (non-hydrogen) atoms. The van der Waals surface area contributed by atoms with E-state index in [9.17, 15) is 0 Å². The Labute approximate surface area is 112 Å². The summed E-state index contributed by atoms with van der Waals surface area (Å²) in [7, 11) is 0. The van der Waals surface area contributed by atoms with Gasteiger partial charge in [-0.3, -0.25) is 0 Å². The van der Waals surface area contributed by atoms with Crippen molar-refractivity contribution in [2.24, 2.45) is 0 Å². The molecule has 0 spiro atoms. The molecule has 3 aromatic rings. The SMILES string of the molecule is CCc1nc(-c2nc3cc(C)c(C)cc3[nH]2)c(C)[nH]1. The van der Waals surface area contributed by atoms with E-state index in [1.807, 2.05) is 6.92 Å². The van der Waals surface area contributed by atoms with E-state index in [1.54, 1.807) is 0 Å². The number of hydrogen-bond acceptors (Lipinski definition) is 2. The van der Waals surface area contributed by atoms with Crippen LogP contribution < -0.4 is 0 Å². The standard InChI is InChI=1S/C15H18N4/c1-5-13-16-10(4)14(19-13)15-17-11-6-8(2)9(3)7-12(11)18-15/h6-7H,5H2,1-4H3,(H,16,19)(H,17,18). The van der Waals surface area contributed by atoms with E-state index in [2.05, 4.69) is 52.8 Å². The largest absolute Gasteiger partial charge is 0.345 e. The van der Waals surface area contributed by atoms with E-state index >= 15 is 0 Å². The van der Waals surface area contributed by atoms with Gasteiger partial charge in [-0.05, 0) is 44.0 Å². The molecule has 98 valence electrons. The Kier molecular flexibility index (Phi) is 2.66. The maximum Gasteiger partial charge on any atom is 0.159 e. The van der Waals surface area contributed by atoms with Gasteiger partial charge in [-0.25, -0.2) is 9.97 Å². The molecule has 0 aliphatic rings. The van der Waals surface area contributed by atoms with Crippen LogP contribution in [0.4, 0.5) is 0 Å². The van der Waals surface area contributed by atoms with Gasteiger partial charge in [-0.2, -0.15) is 0 Å². The zero-order chi connectivity index (χ0) is 13.6. The van der Waals surface area contributed by atoms with Gasteiger partial charge in [0.2, 0.25) is 0 Å². The van der Waals surface area contributed by atoms with E-state index in [0.717, 1.165) is 40.5 Å². The number of nitrogens with one attached hydrogen (secondary N) is 2. The Balaban J connectivity index is 2.17. The van der Waals surface area contributed by atoms with Crippen LogP contribution in [-0.4, -0.2) is 19.9 Å². The lowest BCUT2D eigenvalue weighted by molar-refractivity contribution is 0.982. The first-order valence-corrected chi connectivity index (χ1v) is 6.61. The van der Waals surface area contributed by atoms with Crippen molar-refractivity contribution in [3.8, 4) is 11.5 Å². The summed E-state index contributed by atoms with van der Waals surface area (Å²) >= 11 is 0. The van der Waals surface area contributed by atoms with Crippen LogP contribution in [0.2, 0.25) is 0 Å². The number of aromatic amines is 2. The Bertz CT molecular complexity index is 710. The zero-order valence-corrected chi connectivity index (χ0v) is 11.8. The highest BCUT2D eigenvalue weighted by atomic mass is 15.0. The van der Waals surface area contributed by atoms with Crippen molar-refractivity contribution >= 4 is 11.0 Å². The molecule has 3 rings (SSSR count). The highest BCUT2D eigenvalue weighted by Gasteiger charge is 2.13. The van der Waals surface area contributed by atoms with Crippen molar-refractivity contribution < 1.29 is 0 Å². The van der Waals surface area contributed by atoms with Crippen molar-refractivity contribution in [1.29, 1.82) is 0 Å². The molecule has 0 aliphatic carbocycles. The van der Waals surface area contributed by atoms with Crippen LogP contribution in [0.25, 0.3) is 22.6 Å². The number of H-pyrrole nitrogens is 2. The van der Waals surface area contributed by atoms with Crippen LogP contribution in [0.1, 0.15) is 29.6 Å². The van der Waals surface area contributed by atoms with Gasteiger partial charge >= 0.3 is 0 Å². The van der Waals surface area contributed by atoms with E-state index < -0.39 is 0 Å². The van der Waals surface area contributed by atoms with E-state index in [1.165, 1.54) is 11.1 Å². The minimum atomic E-state index is 0.841. The van der Waals surface area contributed by atoms with Crippen LogP contribution in [-0.2, 0) is 6.42 Å². The first kappa shape index (κ1) is 12.0. The van der Waals surface area contributed by atoms with Gasteiger partial charge in [-0.1, -0.05) is 6.92 Å². The van der Waals surface area contributed by atoms with Gasteiger partial charge in [0.05, 0.1) is 11.0 Å². The number of fused-ring (bicyclic) bond motifs is 1. The van der Waals surface area contributed by atoms with Crippen molar-refractivity contribution in [3.05, 3.63) is 34.8 Å². The predicted octanol–water partition coefficient (Wildman–Crippen LogP) is 3.44. The van der Waals surface area contributed by atoms with Crippen molar-refractivity contribution in [2.45, 2.75) is 34.1 Å². The van der Waals surface area contributed by atoms with Crippen molar-refractivity contribution in [1.82, 2.24) is 19.9 Å². The number of aryl methyl sites for hydroxylation is 4. The topological polar surface area (TPSA) is 57.4 Å². The highest BCUT2D eigenvalue weighted by molar-refractivity contribution is 5.80. The molecule has 4 nitrogen and oxygen atoms in total. The van der Waals surface area contributed by atoms with Crippen LogP contribution in [0.3, 0.4) is 0 Å². The second-order valence-electron chi connectivity index (χ2n) is 5.05. The van der Waals surface area contributed by atoms with Crippen LogP contribution in [0.5, 0.6) is 0 Å². The summed E-state index contributed by atoms with van der Waals surface area (Å²) in [6, 6.07) is 4.26. The third-order valence-electron chi connectivity index (χ3n) is 3.59. The molecule has 0 fully saturated rings. The Morgan fingerprint density at radius 3 is 2.42 bits per heavy atom. The molecule has 0 saturated carbocycles. The fourth-order valence-electron chi connectivity index (χ4n) is 2.30. The van der Waals surface area contributed by atoms with Gasteiger partial charge in [-0.15, -0.1) is 0 Å². The van der Waals surface area contributed by atoms with Crippen LogP contribution in [0.15, 0.2) is 12.1 Å². The average molecular weight is 254 g/mol. The zero-order valence-electron chi connectivity index (χ0n) is 11.8. The van der Waals surface area contributed by atoms with Gasteiger partial charge in [0.15, 0.2) is 5.82 Å². The second kappa shape index (κ2) is 4.23. The number of hydrogen-bond donors (Lipinski definition) is 2. The molecule has 0 atom stereocenters. The molecule has 2 heterocycles. The molecule has 2 aromatic heterocycles. The minimum Gasteiger partial charge on any atom is -0.345 e. The molecule has 4 heteroatoms. The maximum absolute atomic E-state index is 4.66. The van der Waals surface area contributed by atoms with E-state index in [4.69, 9.17) is 0 Å². The summed E-state index contributed by atoms with van der Waals surface area (Å²) in [5.41, 5.74) is 6.58. The second-order valence-corrected chi connectivity index (χ2v) is 5.05. The van der Waals surface area contributed by atoms with Gasteiger partial charge in [0.25, 0.3) is 0 Å². The predicted molar refractivity (Wildman–Crippen MR) is 77.3 cm³/mol. The lowest BCUT2D eigenvalue weighted by atomic mass is 10.1. The summed E-state index contributed by atoms with van der Waals surface area (Å²) in [5, 5.41) is 0. The van der Waals surface area contributed by atoms with Gasteiger partial charge in [0.1, 0.15) is 11.5 Å². The molecule has 2 N–H and O–H groups in total. The summed E-state index contributed by atoms with van der Waals surface area (Å²) in [5.74, 6) is 1.84. The summed E-state index contributed by atoms with van der Waals surface area (Å²) in [6.07, 6.45) is 0.902. The fourth-order valence-corrected chi connectivity index (χ4v) is 2.30. The molecule has 0 saturated heterocycles. The van der Waals surface area contributed by atoms with Gasteiger partial charge < -0.3 is 9.97 Å². The first-order valence-electron chi connectivity index (χ1n) is 6.61. The average Bonchev–Trinajstić information content (AvgIpc) is 2.93. The number of imidazole rings is 2. The summed E-state index contributed by atoms with van der Waals surface area (Å²) in [4.78, 5) is 15.9.